The first-order valence-electron chi connectivity index (χ1n) is 2.95. The predicted octanol–water partition coefficient (Wildman–Crippen LogP) is 0.553. The maximum atomic E-state index is 10.5. The van der Waals surface area contributed by atoms with Crippen molar-refractivity contribution >= 4 is 16.9 Å². The van der Waals surface area contributed by atoms with Gasteiger partial charge in [-0.2, -0.15) is 0 Å². The molecule has 0 radical (unpaired) electrons. The van der Waals surface area contributed by atoms with Crippen molar-refractivity contribution in [2.24, 2.45) is 0 Å². The van der Waals surface area contributed by atoms with Crippen LogP contribution in [0.25, 0.3) is 0 Å². The third kappa shape index (κ3) is 1.75. The van der Waals surface area contributed by atoms with E-state index in [1.807, 2.05) is 0 Å². The summed E-state index contributed by atoms with van der Waals surface area (Å²) in [4.78, 5) is 3.98. The third-order valence-electron chi connectivity index (χ3n) is 1.21. The van der Waals surface area contributed by atoms with E-state index in [4.69, 9.17) is 10.3 Å². The van der Waals surface area contributed by atoms with E-state index in [0.29, 0.717) is 0 Å². The zero-order valence-corrected chi connectivity index (χ0v) is 6.76. The largest absolute Gasteiger partial charge is 0.383 e. The van der Waals surface area contributed by atoms with Gasteiger partial charge in [0.05, 0.1) is 0 Å². The molecule has 0 bridgehead atoms. The summed E-state index contributed by atoms with van der Waals surface area (Å²) in [7, 11) is 0. The molecular formula is C6H8N2O2S. The molecular weight excluding hydrogens is 164 g/mol. The lowest BCUT2D eigenvalue weighted by Gasteiger charge is -1.99. The molecule has 0 aromatic carbocycles. The molecule has 0 aliphatic rings. The summed E-state index contributed by atoms with van der Waals surface area (Å²) in [6, 6.07) is 3.13. The van der Waals surface area contributed by atoms with E-state index in [1.165, 1.54) is 6.07 Å². The number of hydrogen-bond acceptors (Lipinski definition) is 3. The molecule has 0 amide bonds. The Bertz CT molecular complexity index is 301. The van der Waals surface area contributed by atoms with Gasteiger partial charge in [0.25, 0.3) is 0 Å². The number of aryl methyl sites for hydroxylation is 1. The third-order valence-corrected chi connectivity index (χ3v) is 1.93. The van der Waals surface area contributed by atoms with Gasteiger partial charge in [-0.05, 0) is 19.1 Å². The van der Waals surface area contributed by atoms with Crippen LogP contribution in [0.1, 0.15) is 5.69 Å². The van der Waals surface area contributed by atoms with Crippen molar-refractivity contribution in [1.82, 2.24) is 4.98 Å². The van der Waals surface area contributed by atoms with Gasteiger partial charge in [0, 0.05) is 5.69 Å². The van der Waals surface area contributed by atoms with Gasteiger partial charge in [-0.1, -0.05) is 0 Å². The van der Waals surface area contributed by atoms with Crippen molar-refractivity contribution in [3.63, 3.8) is 0 Å². The molecule has 0 fully saturated rings. The summed E-state index contributed by atoms with van der Waals surface area (Å²) in [6.07, 6.45) is 0. The SMILES string of the molecule is Cc1ccc(S(=O)O)c(N)n1. The predicted molar refractivity (Wildman–Crippen MR) is 42.4 cm³/mol. The Morgan fingerprint density at radius 3 is 2.73 bits per heavy atom. The molecule has 0 saturated carbocycles. The summed E-state index contributed by atoms with van der Waals surface area (Å²) in [6.45, 7) is 1.76. The van der Waals surface area contributed by atoms with Crippen molar-refractivity contribution in [3.8, 4) is 0 Å². The number of pyridine rings is 1. The molecule has 11 heavy (non-hydrogen) atoms. The molecule has 1 aromatic rings. The van der Waals surface area contributed by atoms with Crippen LogP contribution in [0.5, 0.6) is 0 Å². The minimum Gasteiger partial charge on any atom is -0.383 e. The van der Waals surface area contributed by atoms with Crippen molar-refractivity contribution in [1.29, 1.82) is 0 Å². The Morgan fingerprint density at radius 1 is 1.64 bits per heavy atom. The van der Waals surface area contributed by atoms with Crippen LogP contribution in [0.15, 0.2) is 17.0 Å². The Kier molecular flexibility index (Phi) is 2.21. The molecule has 0 spiro atoms. The van der Waals surface area contributed by atoms with E-state index < -0.39 is 11.1 Å². The van der Waals surface area contributed by atoms with Gasteiger partial charge in [0.1, 0.15) is 10.7 Å². The van der Waals surface area contributed by atoms with Gasteiger partial charge in [-0.15, -0.1) is 0 Å². The molecule has 3 N–H and O–H groups in total. The zero-order valence-electron chi connectivity index (χ0n) is 5.94. The van der Waals surface area contributed by atoms with Crippen molar-refractivity contribution in [2.75, 3.05) is 5.73 Å². The Morgan fingerprint density at radius 2 is 2.27 bits per heavy atom. The van der Waals surface area contributed by atoms with E-state index in [2.05, 4.69) is 4.98 Å². The van der Waals surface area contributed by atoms with Crippen LogP contribution in [0, 0.1) is 6.92 Å². The van der Waals surface area contributed by atoms with Crippen LogP contribution in [-0.2, 0) is 11.1 Å². The van der Waals surface area contributed by atoms with Crippen LogP contribution in [0.4, 0.5) is 5.82 Å². The monoisotopic (exact) mass is 172 g/mol. The minimum atomic E-state index is -2.04. The number of nitrogens with zero attached hydrogens (tertiary/aromatic N) is 1. The number of hydrogen-bond donors (Lipinski definition) is 2. The van der Waals surface area contributed by atoms with Gasteiger partial charge in [-0.3, -0.25) is 0 Å². The van der Waals surface area contributed by atoms with Crippen LogP contribution in [0.2, 0.25) is 0 Å². The summed E-state index contributed by atoms with van der Waals surface area (Å²) >= 11 is -2.04. The van der Waals surface area contributed by atoms with E-state index in [1.54, 1.807) is 13.0 Å². The molecule has 4 nitrogen and oxygen atoms in total. The number of rotatable bonds is 1. The first-order valence-corrected chi connectivity index (χ1v) is 4.06. The Labute approximate surface area is 66.7 Å². The number of nitrogen functional groups attached to an aromatic ring is 1. The van der Waals surface area contributed by atoms with Crippen molar-refractivity contribution in [2.45, 2.75) is 11.8 Å². The second kappa shape index (κ2) is 2.98. The molecule has 1 atom stereocenters. The van der Waals surface area contributed by atoms with Crippen LogP contribution in [-0.4, -0.2) is 13.7 Å². The molecule has 1 unspecified atom stereocenters. The van der Waals surface area contributed by atoms with E-state index >= 15 is 0 Å². The van der Waals surface area contributed by atoms with Crippen LogP contribution >= 0.6 is 0 Å². The maximum absolute atomic E-state index is 10.5. The Hall–Kier alpha value is -0.940. The van der Waals surface area contributed by atoms with Gasteiger partial charge in [0.2, 0.25) is 0 Å². The quantitative estimate of drug-likeness (QED) is 0.606. The Balaban J connectivity index is 3.20. The fourth-order valence-electron chi connectivity index (χ4n) is 0.712. The van der Waals surface area contributed by atoms with Crippen molar-refractivity contribution < 1.29 is 8.76 Å². The van der Waals surface area contributed by atoms with Crippen molar-refractivity contribution in [3.05, 3.63) is 17.8 Å². The normalized spacial score (nSPS) is 12.9. The lowest BCUT2D eigenvalue weighted by atomic mass is 10.4. The topological polar surface area (TPSA) is 76.2 Å². The van der Waals surface area contributed by atoms with Crippen LogP contribution < -0.4 is 5.73 Å². The fourth-order valence-corrected chi connectivity index (χ4v) is 1.12. The minimum absolute atomic E-state index is 0.117. The summed E-state index contributed by atoms with van der Waals surface area (Å²) < 4.78 is 19.2. The van der Waals surface area contributed by atoms with E-state index in [9.17, 15) is 4.21 Å². The lowest BCUT2D eigenvalue weighted by Crippen LogP contribution is -2.00. The molecule has 1 rings (SSSR count). The van der Waals surface area contributed by atoms with Gasteiger partial charge in [0.15, 0.2) is 11.1 Å². The molecule has 1 heterocycles. The second-order valence-corrected chi connectivity index (χ2v) is 3.02. The average molecular weight is 172 g/mol. The highest BCUT2D eigenvalue weighted by molar-refractivity contribution is 7.79. The average Bonchev–Trinajstić information content (AvgIpc) is 1.85. The van der Waals surface area contributed by atoms with Gasteiger partial charge in [-0.25, -0.2) is 9.19 Å². The van der Waals surface area contributed by atoms with Gasteiger partial charge >= 0.3 is 0 Å². The molecule has 0 aliphatic carbocycles. The highest BCUT2D eigenvalue weighted by Gasteiger charge is 2.04. The van der Waals surface area contributed by atoms with E-state index in [0.717, 1.165) is 5.69 Å². The number of anilines is 1. The molecule has 5 heteroatoms. The molecule has 1 aromatic heterocycles. The zero-order chi connectivity index (χ0) is 8.43. The number of nitrogens with two attached hydrogens (primary N) is 1. The summed E-state index contributed by atoms with van der Waals surface area (Å²) in [5, 5.41) is 0. The van der Waals surface area contributed by atoms with Crippen LogP contribution in [0.3, 0.4) is 0 Å². The first-order chi connectivity index (χ1) is 5.11. The molecule has 0 aliphatic heterocycles. The maximum Gasteiger partial charge on any atom is 0.190 e. The smallest absolute Gasteiger partial charge is 0.190 e. The summed E-state index contributed by atoms with van der Waals surface area (Å²) in [5.41, 5.74) is 6.09. The fraction of sp³-hybridized carbons (Fsp3) is 0.167. The highest BCUT2D eigenvalue weighted by Crippen LogP contribution is 2.12. The lowest BCUT2D eigenvalue weighted by molar-refractivity contribution is 0.564. The molecule has 0 saturated heterocycles. The van der Waals surface area contributed by atoms with Gasteiger partial charge < -0.3 is 10.3 Å². The second-order valence-electron chi connectivity index (χ2n) is 2.09. The standard InChI is InChI=1S/C6H8N2O2S/c1-4-2-3-5(11(9)10)6(7)8-4/h2-3H,1H3,(H2,7,8)(H,9,10). The molecule has 60 valence electrons. The van der Waals surface area contributed by atoms with E-state index in [-0.39, 0.29) is 10.7 Å². The number of aromatic nitrogens is 1. The summed E-state index contributed by atoms with van der Waals surface area (Å²) in [5.74, 6) is 0.117. The first kappa shape index (κ1) is 8.16. The highest BCUT2D eigenvalue weighted by atomic mass is 32.2.